The van der Waals surface area contributed by atoms with Crippen LogP contribution >= 0.6 is 0 Å². The second-order valence-corrected chi connectivity index (χ2v) is 20.3. The van der Waals surface area contributed by atoms with Gasteiger partial charge >= 0.3 is 5.97 Å². The maximum Gasteiger partial charge on any atom is 0.306 e. The summed E-state index contributed by atoms with van der Waals surface area (Å²) >= 11 is 0. The van der Waals surface area contributed by atoms with Gasteiger partial charge in [0.1, 0.15) is 24.4 Å². The summed E-state index contributed by atoms with van der Waals surface area (Å²) in [5, 5.41) is 56.9. The Labute approximate surface area is 456 Å². The highest BCUT2D eigenvalue weighted by Crippen LogP contribution is 2.26. The molecule has 1 aliphatic heterocycles. The van der Waals surface area contributed by atoms with E-state index in [0.29, 0.717) is 19.3 Å². The van der Waals surface area contributed by atoms with Crippen molar-refractivity contribution < 1.29 is 49.3 Å². The molecule has 0 aromatic heterocycles. The maximum atomic E-state index is 13.4. The van der Waals surface area contributed by atoms with E-state index in [9.17, 15) is 35.1 Å². The first-order valence-corrected chi connectivity index (χ1v) is 30.0. The highest BCUT2D eigenvalue weighted by molar-refractivity contribution is 5.80. The van der Waals surface area contributed by atoms with Gasteiger partial charge in [-0.25, -0.2) is 0 Å². The number of carbonyl (C=O) groups is 2. The summed E-state index contributed by atoms with van der Waals surface area (Å²) in [6, 6.07) is -1.04. The predicted octanol–water partition coefficient (Wildman–Crippen LogP) is 13.9. The third-order valence-corrected chi connectivity index (χ3v) is 13.5. The van der Waals surface area contributed by atoms with Crippen molar-refractivity contribution in [3.8, 4) is 0 Å². The molecule has 0 bridgehead atoms. The second kappa shape index (κ2) is 51.3. The number of esters is 1. The number of unbranched alkanes of at least 4 members (excludes halogenated alkanes) is 21. The van der Waals surface area contributed by atoms with Gasteiger partial charge in [0.05, 0.1) is 25.4 Å². The van der Waals surface area contributed by atoms with E-state index in [0.717, 1.165) is 89.9 Å². The average molecular weight is 1050 g/mol. The van der Waals surface area contributed by atoms with E-state index in [2.05, 4.69) is 99.0 Å². The van der Waals surface area contributed by atoms with E-state index < -0.39 is 67.4 Å². The van der Waals surface area contributed by atoms with Gasteiger partial charge in [-0.3, -0.25) is 9.59 Å². The fourth-order valence-corrected chi connectivity index (χ4v) is 8.72. The first-order valence-electron chi connectivity index (χ1n) is 30.0. The molecule has 75 heavy (non-hydrogen) atoms. The molecule has 1 heterocycles. The Morgan fingerprint density at radius 2 is 0.960 bits per heavy atom. The molecule has 11 nitrogen and oxygen atoms in total. The van der Waals surface area contributed by atoms with Crippen LogP contribution in [0, 0.1) is 0 Å². The van der Waals surface area contributed by atoms with Crippen LogP contribution in [0.15, 0.2) is 97.2 Å². The van der Waals surface area contributed by atoms with Crippen LogP contribution in [0.2, 0.25) is 0 Å². The second-order valence-electron chi connectivity index (χ2n) is 20.3. The number of carbonyl (C=O) groups excluding carboxylic acids is 2. The Morgan fingerprint density at radius 3 is 1.47 bits per heavy atom. The highest BCUT2D eigenvalue weighted by atomic mass is 16.7. The van der Waals surface area contributed by atoms with E-state index in [1.54, 1.807) is 6.08 Å². The zero-order valence-corrected chi connectivity index (χ0v) is 47.4. The van der Waals surface area contributed by atoms with Gasteiger partial charge in [0, 0.05) is 6.42 Å². The van der Waals surface area contributed by atoms with Crippen LogP contribution in [0.5, 0.6) is 0 Å². The molecule has 1 aliphatic rings. The minimum atomic E-state index is -1.64. The number of aliphatic hydroxyl groups is 5. The van der Waals surface area contributed by atoms with Crippen molar-refractivity contribution >= 4 is 11.9 Å². The molecular formula is C64H109NO10. The molecule has 8 unspecified atom stereocenters. The molecule has 0 radical (unpaired) electrons. The number of hydrogen-bond donors (Lipinski definition) is 6. The van der Waals surface area contributed by atoms with Gasteiger partial charge in [0.25, 0.3) is 0 Å². The Kier molecular flexibility index (Phi) is 47.6. The largest absolute Gasteiger partial charge is 0.454 e. The quantitative estimate of drug-likeness (QED) is 0.0195. The molecule has 430 valence electrons. The molecule has 0 aromatic rings. The summed E-state index contributed by atoms with van der Waals surface area (Å²) in [4.78, 5) is 26.5. The maximum absolute atomic E-state index is 13.4. The smallest absolute Gasteiger partial charge is 0.306 e. The molecule has 1 saturated heterocycles. The number of rotatable bonds is 49. The van der Waals surface area contributed by atoms with Crippen molar-refractivity contribution in [3.05, 3.63) is 97.2 Å². The van der Waals surface area contributed by atoms with Crippen LogP contribution in [0.25, 0.3) is 0 Å². The lowest BCUT2D eigenvalue weighted by atomic mass is 9.99. The SMILES string of the molecule is CC/C=C\C/C=C\C/C=C\C/C=C\C/C=C\CCCC(=O)OC1C(OCC(NC(=O)C(O)CCCCCCCCCC/C=C\C/C=C\CCCCC)C(O)/C=C/CCCCCCCCCCC)OC(CO)C(O)C1O. The van der Waals surface area contributed by atoms with Crippen molar-refractivity contribution in [2.24, 2.45) is 0 Å². The van der Waals surface area contributed by atoms with E-state index in [-0.39, 0.29) is 19.4 Å². The van der Waals surface area contributed by atoms with Crippen molar-refractivity contribution in [2.45, 2.75) is 282 Å². The van der Waals surface area contributed by atoms with Gasteiger partial charge in [-0.2, -0.15) is 0 Å². The summed E-state index contributed by atoms with van der Waals surface area (Å²) in [5.41, 5.74) is 0. The Hall–Kier alpha value is -3.42. The molecule has 1 rings (SSSR count). The fraction of sp³-hybridized carbons (Fsp3) is 0.719. The topological polar surface area (TPSA) is 175 Å². The van der Waals surface area contributed by atoms with Crippen LogP contribution < -0.4 is 5.32 Å². The van der Waals surface area contributed by atoms with Crippen molar-refractivity contribution in [2.75, 3.05) is 13.2 Å². The first kappa shape index (κ1) is 69.6. The lowest BCUT2D eigenvalue weighted by Crippen LogP contribution is -2.61. The van der Waals surface area contributed by atoms with Crippen LogP contribution in [0.4, 0.5) is 0 Å². The molecule has 0 aliphatic carbocycles. The van der Waals surface area contributed by atoms with Gasteiger partial charge in [-0.1, -0.05) is 227 Å². The summed E-state index contributed by atoms with van der Waals surface area (Å²) in [5.74, 6) is -1.27. The Morgan fingerprint density at radius 1 is 0.533 bits per heavy atom. The molecular weight excluding hydrogens is 943 g/mol. The lowest BCUT2D eigenvalue weighted by Gasteiger charge is -2.41. The summed E-state index contributed by atoms with van der Waals surface area (Å²) in [7, 11) is 0. The number of amides is 1. The van der Waals surface area contributed by atoms with Crippen molar-refractivity contribution in [1.29, 1.82) is 0 Å². The molecule has 1 fully saturated rings. The van der Waals surface area contributed by atoms with E-state index >= 15 is 0 Å². The number of nitrogens with one attached hydrogen (secondary N) is 1. The van der Waals surface area contributed by atoms with Crippen LogP contribution in [0.1, 0.15) is 233 Å². The third-order valence-electron chi connectivity index (χ3n) is 13.5. The standard InChI is InChI=1S/C64H109NO10/c1-4-7-10-13-16-19-22-24-26-28-30-31-33-36-39-42-45-48-51-57(68)63(72)65-55(56(67)50-47-44-41-38-35-21-18-15-12-9-6-3)54-73-64-62(61(71)60(70)58(53-66)74-64)75-59(69)52-49-46-43-40-37-34-32-29-27-25-23-20-17-14-11-8-5-2/h8,11,16-17,19-20,24-27,32,34,40,43,47,50,55-58,60-62,64,66-68,70-71H,4-7,9-10,12-15,18,21-23,28-31,33,35-39,41-42,44-46,48-49,51-54H2,1-3H3,(H,65,72)/b11-8-,19-16-,20-17-,26-24-,27-25-,34-32-,43-40-,50-47+. The van der Waals surface area contributed by atoms with Gasteiger partial charge in [-0.15, -0.1) is 0 Å². The van der Waals surface area contributed by atoms with Gasteiger partial charge in [-0.05, 0) is 96.3 Å². The Balaban J connectivity index is 2.73. The zero-order valence-electron chi connectivity index (χ0n) is 47.4. The third kappa shape index (κ3) is 39.6. The number of ether oxygens (including phenoxy) is 3. The molecule has 11 heteroatoms. The van der Waals surface area contributed by atoms with E-state index in [1.165, 1.54) is 89.9 Å². The van der Waals surface area contributed by atoms with E-state index in [1.807, 2.05) is 18.2 Å². The summed E-state index contributed by atoms with van der Waals surface area (Å²) < 4.78 is 17.5. The summed E-state index contributed by atoms with van der Waals surface area (Å²) in [6.07, 6.45) is 57.4. The van der Waals surface area contributed by atoms with Gasteiger partial charge in [0.2, 0.25) is 5.91 Å². The highest BCUT2D eigenvalue weighted by Gasteiger charge is 2.47. The van der Waals surface area contributed by atoms with Gasteiger partial charge < -0.3 is 45.1 Å². The first-order chi connectivity index (χ1) is 36.7. The molecule has 0 spiro atoms. The van der Waals surface area contributed by atoms with E-state index in [4.69, 9.17) is 14.2 Å². The molecule has 6 N–H and O–H groups in total. The molecule has 0 aromatic carbocycles. The minimum absolute atomic E-state index is 0.0404. The summed E-state index contributed by atoms with van der Waals surface area (Å²) in [6.45, 7) is 5.60. The lowest BCUT2D eigenvalue weighted by molar-refractivity contribution is -0.305. The number of hydrogen-bond acceptors (Lipinski definition) is 10. The number of allylic oxidation sites excluding steroid dienone is 15. The van der Waals surface area contributed by atoms with Crippen LogP contribution in [-0.4, -0.2) is 99.6 Å². The fourth-order valence-electron chi connectivity index (χ4n) is 8.72. The van der Waals surface area contributed by atoms with Crippen molar-refractivity contribution in [3.63, 3.8) is 0 Å². The molecule has 0 saturated carbocycles. The average Bonchev–Trinajstić information content (AvgIpc) is 3.41. The Bertz CT molecular complexity index is 1580. The molecule has 8 atom stereocenters. The monoisotopic (exact) mass is 1050 g/mol. The minimum Gasteiger partial charge on any atom is -0.454 e. The molecule has 1 amide bonds. The number of aliphatic hydroxyl groups excluding tert-OH is 5. The van der Waals surface area contributed by atoms with Crippen molar-refractivity contribution in [1.82, 2.24) is 5.32 Å². The normalized spacial score (nSPS) is 19.9. The predicted molar refractivity (Wildman–Crippen MR) is 310 cm³/mol. The van der Waals surface area contributed by atoms with Crippen LogP contribution in [-0.2, 0) is 23.8 Å². The van der Waals surface area contributed by atoms with Gasteiger partial charge in [0.15, 0.2) is 12.4 Å². The zero-order chi connectivity index (χ0) is 54.7. The van der Waals surface area contributed by atoms with Crippen LogP contribution in [0.3, 0.4) is 0 Å².